The van der Waals surface area contributed by atoms with Gasteiger partial charge in [0.2, 0.25) is 0 Å². The fourth-order valence-electron chi connectivity index (χ4n) is 5.89. The van der Waals surface area contributed by atoms with Crippen LogP contribution in [0, 0.1) is 5.92 Å². The molecular formula is C35H50O2. The van der Waals surface area contributed by atoms with Crippen LogP contribution in [-0.4, -0.2) is 11.6 Å². The maximum absolute atomic E-state index is 12.4. The van der Waals surface area contributed by atoms with Crippen molar-refractivity contribution in [2.24, 2.45) is 5.92 Å². The summed E-state index contributed by atoms with van der Waals surface area (Å²) in [6.07, 6.45) is 20.6. The highest BCUT2D eigenvalue weighted by atomic mass is 16.1. The first-order chi connectivity index (χ1) is 18.1. The lowest BCUT2D eigenvalue weighted by atomic mass is 9.77. The molecule has 0 radical (unpaired) electrons. The minimum Gasteiger partial charge on any atom is -0.299 e. The fraction of sp³-hybridized carbons (Fsp3) is 0.600. The summed E-state index contributed by atoms with van der Waals surface area (Å²) in [5, 5.41) is 0. The molecule has 2 heteroatoms. The molecule has 37 heavy (non-hydrogen) atoms. The maximum Gasteiger partial charge on any atom is 0.170 e. The van der Waals surface area contributed by atoms with Gasteiger partial charge in [-0.15, -0.1) is 0 Å². The Morgan fingerprint density at radius 2 is 1.19 bits per heavy atom. The van der Waals surface area contributed by atoms with Crippen LogP contribution >= 0.6 is 0 Å². The highest BCUT2D eigenvalue weighted by molar-refractivity contribution is 6.08. The third-order valence-corrected chi connectivity index (χ3v) is 8.40. The Morgan fingerprint density at radius 1 is 0.649 bits per heavy atom. The van der Waals surface area contributed by atoms with E-state index in [1.54, 1.807) is 0 Å². The van der Waals surface area contributed by atoms with Gasteiger partial charge in [0.25, 0.3) is 0 Å². The van der Waals surface area contributed by atoms with E-state index in [0.29, 0.717) is 17.9 Å². The first kappa shape index (κ1) is 29.3. The van der Waals surface area contributed by atoms with E-state index in [0.717, 1.165) is 24.3 Å². The molecule has 2 aromatic rings. The Kier molecular flexibility index (Phi) is 13.2. The van der Waals surface area contributed by atoms with Crippen molar-refractivity contribution in [1.82, 2.24) is 0 Å². The zero-order valence-electron chi connectivity index (χ0n) is 23.6. The van der Waals surface area contributed by atoms with Gasteiger partial charge < -0.3 is 0 Å². The van der Waals surface area contributed by atoms with Crippen molar-refractivity contribution >= 4 is 11.6 Å². The molecule has 2 aromatic carbocycles. The Labute approximate surface area is 226 Å². The molecule has 3 rings (SSSR count). The lowest BCUT2D eigenvalue weighted by Gasteiger charge is -2.29. The fourth-order valence-corrected chi connectivity index (χ4v) is 5.89. The molecule has 2 nitrogen and oxygen atoms in total. The van der Waals surface area contributed by atoms with E-state index < -0.39 is 0 Å². The number of rotatable bonds is 17. The molecule has 0 spiro atoms. The Balaban J connectivity index is 1.39. The van der Waals surface area contributed by atoms with Crippen molar-refractivity contribution in [3.63, 3.8) is 0 Å². The summed E-state index contributed by atoms with van der Waals surface area (Å²) in [5.41, 5.74) is 4.42. The predicted molar refractivity (Wildman–Crippen MR) is 157 cm³/mol. The van der Waals surface area contributed by atoms with Crippen molar-refractivity contribution in [3.05, 3.63) is 59.7 Å². The van der Waals surface area contributed by atoms with Crippen molar-refractivity contribution in [2.75, 3.05) is 0 Å². The van der Waals surface area contributed by atoms with Crippen LogP contribution in [0.25, 0.3) is 11.1 Å². The molecule has 1 fully saturated rings. The van der Waals surface area contributed by atoms with Gasteiger partial charge in [0, 0.05) is 12.0 Å². The second kappa shape index (κ2) is 16.6. The van der Waals surface area contributed by atoms with Crippen molar-refractivity contribution in [1.29, 1.82) is 0 Å². The maximum atomic E-state index is 12.4. The topological polar surface area (TPSA) is 34.1 Å². The molecule has 0 saturated heterocycles. The monoisotopic (exact) mass is 502 g/mol. The van der Waals surface area contributed by atoms with Crippen LogP contribution in [0.4, 0.5) is 0 Å². The lowest BCUT2D eigenvalue weighted by Crippen LogP contribution is -2.13. The quantitative estimate of drug-likeness (QED) is 0.122. The van der Waals surface area contributed by atoms with Gasteiger partial charge in [-0.25, -0.2) is 0 Å². The van der Waals surface area contributed by atoms with Crippen molar-refractivity contribution in [3.8, 4) is 11.1 Å². The zero-order chi connectivity index (χ0) is 26.3. The van der Waals surface area contributed by atoms with Crippen LogP contribution in [0.15, 0.2) is 48.5 Å². The standard InChI is InChI=1S/C35H50O2/c1-3-5-7-8-9-10-11-12-13-28-15-17-29(18-16-28)30-19-21-31(22-20-30)32-23-25-33(26-24-32)35(37)27-34(36)14-6-4-2/h19-26,28-29H,3-18,27H2,1-2H3. The van der Waals surface area contributed by atoms with Gasteiger partial charge in [-0.2, -0.15) is 0 Å². The SMILES string of the molecule is CCCCCCCCCCC1CCC(c2ccc(-c3ccc(C(=O)CC(=O)CCCC)cc3)cc2)CC1. The number of unbranched alkanes of at least 4 members (excludes halogenated alkanes) is 8. The molecule has 0 bridgehead atoms. The van der Waals surface area contributed by atoms with E-state index in [2.05, 4.69) is 38.1 Å². The first-order valence-corrected chi connectivity index (χ1v) is 15.4. The molecule has 0 amide bonds. The average molecular weight is 503 g/mol. The van der Waals surface area contributed by atoms with E-state index in [-0.39, 0.29) is 18.0 Å². The molecule has 0 aromatic heterocycles. The van der Waals surface area contributed by atoms with Gasteiger partial charge in [0.1, 0.15) is 5.78 Å². The van der Waals surface area contributed by atoms with Crippen LogP contribution in [0.5, 0.6) is 0 Å². The van der Waals surface area contributed by atoms with Gasteiger partial charge in [-0.1, -0.05) is 127 Å². The van der Waals surface area contributed by atoms with Crippen molar-refractivity contribution < 1.29 is 9.59 Å². The summed E-state index contributed by atoms with van der Waals surface area (Å²) >= 11 is 0. The zero-order valence-corrected chi connectivity index (χ0v) is 23.6. The number of hydrogen-bond donors (Lipinski definition) is 0. The molecule has 1 aliphatic carbocycles. The van der Waals surface area contributed by atoms with Crippen LogP contribution in [0.1, 0.15) is 145 Å². The molecule has 0 N–H and O–H groups in total. The average Bonchev–Trinajstić information content (AvgIpc) is 2.94. The number of hydrogen-bond acceptors (Lipinski definition) is 2. The van der Waals surface area contributed by atoms with E-state index in [4.69, 9.17) is 0 Å². The Morgan fingerprint density at radius 3 is 1.78 bits per heavy atom. The summed E-state index contributed by atoms with van der Waals surface area (Å²) in [4.78, 5) is 24.4. The van der Waals surface area contributed by atoms with Gasteiger partial charge >= 0.3 is 0 Å². The molecule has 0 unspecified atom stereocenters. The van der Waals surface area contributed by atoms with Gasteiger partial charge in [0.15, 0.2) is 5.78 Å². The van der Waals surface area contributed by atoms with Crippen LogP contribution < -0.4 is 0 Å². The second-order valence-corrected chi connectivity index (χ2v) is 11.4. The molecule has 202 valence electrons. The predicted octanol–water partition coefficient (Wildman–Crippen LogP) is 10.5. The summed E-state index contributed by atoms with van der Waals surface area (Å²) in [5.74, 6) is 1.63. The summed E-state index contributed by atoms with van der Waals surface area (Å²) in [6.45, 7) is 4.35. The number of benzene rings is 2. The normalized spacial score (nSPS) is 17.6. The summed E-state index contributed by atoms with van der Waals surface area (Å²) in [6, 6.07) is 16.8. The smallest absolute Gasteiger partial charge is 0.170 e. The largest absolute Gasteiger partial charge is 0.299 e. The second-order valence-electron chi connectivity index (χ2n) is 11.4. The number of Topliss-reactive ketones (excluding diaryl/α,β-unsaturated/α-hetero) is 2. The third-order valence-electron chi connectivity index (χ3n) is 8.40. The molecule has 1 aliphatic rings. The van der Waals surface area contributed by atoms with Gasteiger partial charge in [0.05, 0.1) is 6.42 Å². The lowest BCUT2D eigenvalue weighted by molar-refractivity contribution is -0.118. The Bertz CT molecular complexity index is 917. The number of carbonyl (C=O) groups excluding carboxylic acids is 2. The van der Waals surface area contributed by atoms with Crippen LogP contribution in [0.2, 0.25) is 0 Å². The molecule has 0 atom stereocenters. The minimum absolute atomic E-state index is 0.0232. The van der Waals surface area contributed by atoms with Gasteiger partial charge in [-0.05, 0) is 60.6 Å². The van der Waals surface area contributed by atoms with Gasteiger partial charge in [-0.3, -0.25) is 9.59 Å². The number of ketones is 2. The first-order valence-electron chi connectivity index (χ1n) is 15.4. The summed E-state index contributed by atoms with van der Waals surface area (Å²) < 4.78 is 0. The Hall–Kier alpha value is -2.22. The van der Waals surface area contributed by atoms with E-state index in [9.17, 15) is 9.59 Å². The van der Waals surface area contributed by atoms with E-state index >= 15 is 0 Å². The summed E-state index contributed by atoms with van der Waals surface area (Å²) in [7, 11) is 0. The number of carbonyl (C=O) groups is 2. The molecule has 1 saturated carbocycles. The minimum atomic E-state index is -0.0685. The molecule has 0 heterocycles. The van der Waals surface area contributed by atoms with Crippen molar-refractivity contribution in [2.45, 2.75) is 129 Å². The van der Waals surface area contributed by atoms with E-state index in [1.807, 2.05) is 24.3 Å². The molecular weight excluding hydrogens is 452 g/mol. The van der Waals surface area contributed by atoms with E-state index in [1.165, 1.54) is 94.6 Å². The molecule has 0 aliphatic heterocycles. The van der Waals surface area contributed by atoms with Crippen LogP contribution in [-0.2, 0) is 4.79 Å². The van der Waals surface area contributed by atoms with Crippen LogP contribution in [0.3, 0.4) is 0 Å². The third kappa shape index (κ3) is 10.2. The highest BCUT2D eigenvalue weighted by Crippen LogP contribution is 2.38. The highest BCUT2D eigenvalue weighted by Gasteiger charge is 2.22.